The van der Waals surface area contributed by atoms with E-state index in [0.29, 0.717) is 24.4 Å². The Labute approximate surface area is 322 Å². The number of rotatable bonds is 28. The minimum absolute atomic E-state index is 0.00744. The molecule has 1 aromatic carbocycles. The van der Waals surface area contributed by atoms with Crippen LogP contribution in [0, 0.1) is 17.1 Å². The predicted octanol–water partition coefficient (Wildman–Crippen LogP) is 9.82. The molecule has 13 heteroatoms. The summed E-state index contributed by atoms with van der Waals surface area (Å²) in [4.78, 5) is 14.7. The highest BCUT2D eigenvalue weighted by Crippen LogP contribution is 2.43. The third kappa shape index (κ3) is 15.6. The van der Waals surface area contributed by atoms with Crippen LogP contribution in [0.4, 0.5) is 10.2 Å². The van der Waals surface area contributed by atoms with E-state index >= 15 is 0 Å². The molecule has 0 radical (unpaired) electrons. The monoisotopic (exact) mass is 769 g/mol. The van der Waals surface area contributed by atoms with Gasteiger partial charge in [-0.1, -0.05) is 76.9 Å². The van der Waals surface area contributed by atoms with Crippen molar-refractivity contribution in [2.75, 3.05) is 32.2 Å². The van der Waals surface area contributed by atoms with Gasteiger partial charge in [0.15, 0.2) is 5.82 Å². The molecular formula is C41H61FN5O6P. The lowest BCUT2D eigenvalue weighted by Crippen LogP contribution is -2.30. The van der Waals surface area contributed by atoms with Crippen LogP contribution in [-0.4, -0.2) is 57.6 Å². The minimum Gasteiger partial charge on any atom is -0.382 e. The summed E-state index contributed by atoms with van der Waals surface area (Å²) in [5, 5.41) is 13.6. The molecule has 4 rings (SSSR count). The van der Waals surface area contributed by atoms with Gasteiger partial charge in [-0.15, -0.1) is 0 Å². The minimum atomic E-state index is -2.24. The van der Waals surface area contributed by atoms with Crippen molar-refractivity contribution in [3.8, 4) is 6.07 Å². The number of hydrogen-bond acceptors (Lipinski definition) is 10. The number of nitrogens with two attached hydrogens (primary N) is 1. The summed E-state index contributed by atoms with van der Waals surface area (Å²) in [7, 11) is -2.24. The zero-order valence-corrected chi connectivity index (χ0v) is 33.2. The highest BCUT2D eigenvalue weighted by atomic mass is 31.2. The summed E-state index contributed by atoms with van der Waals surface area (Å²) < 4.78 is 45.6. The Morgan fingerprint density at radius 3 is 2.50 bits per heavy atom. The summed E-state index contributed by atoms with van der Waals surface area (Å²) in [6.07, 6.45) is 24.2. The van der Waals surface area contributed by atoms with E-state index in [9.17, 15) is 14.5 Å². The fourth-order valence-electron chi connectivity index (χ4n) is 6.63. The van der Waals surface area contributed by atoms with Crippen LogP contribution in [0.25, 0.3) is 5.52 Å². The summed E-state index contributed by atoms with van der Waals surface area (Å²) in [5.74, 6) is -0.103. The van der Waals surface area contributed by atoms with Crippen molar-refractivity contribution in [1.82, 2.24) is 14.6 Å². The first kappa shape index (κ1) is 43.7. The maximum Gasteiger partial charge on any atom is 0.330 e. The fourth-order valence-corrected chi connectivity index (χ4v) is 7.38. The second-order valence-electron chi connectivity index (χ2n) is 14.5. The van der Waals surface area contributed by atoms with Gasteiger partial charge in [0, 0.05) is 6.61 Å². The Bertz CT molecular complexity index is 1590. The van der Waals surface area contributed by atoms with E-state index < -0.39 is 26.1 Å². The van der Waals surface area contributed by atoms with Crippen molar-refractivity contribution in [3.05, 3.63) is 71.4 Å². The first-order valence-corrected chi connectivity index (χ1v) is 21.0. The quantitative estimate of drug-likeness (QED) is 0.0416. The molecule has 0 aliphatic carbocycles. The number of halogens is 1. The SMILES string of the molecule is CCCCCCCC/C=C/CCCCCCCCOCC(COP(O)OC[C@]1(C)CCC(c2ccc3c(N)ncnn23)O1)OCc1cc(F)cc(C#N)c1. The van der Waals surface area contributed by atoms with Crippen LogP contribution in [0.3, 0.4) is 0 Å². The molecule has 3 unspecified atom stereocenters. The Kier molecular flexibility index (Phi) is 19.8. The van der Waals surface area contributed by atoms with Crippen molar-refractivity contribution < 1.29 is 32.5 Å². The molecule has 1 aliphatic heterocycles. The highest BCUT2D eigenvalue weighted by molar-refractivity contribution is 7.40. The molecule has 54 heavy (non-hydrogen) atoms. The maximum absolute atomic E-state index is 14.0. The van der Waals surface area contributed by atoms with Gasteiger partial charge in [0.2, 0.25) is 0 Å². The van der Waals surface area contributed by atoms with Crippen molar-refractivity contribution in [3.63, 3.8) is 0 Å². The van der Waals surface area contributed by atoms with Gasteiger partial charge >= 0.3 is 8.60 Å². The van der Waals surface area contributed by atoms with Gasteiger partial charge in [0.1, 0.15) is 29.9 Å². The Morgan fingerprint density at radius 2 is 1.76 bits per heavy atom. The molecule has 3 aromatic rings. The standard InChI is InChI=1S/C41H61FN5O6P/c1-3-4-5-6-7-8-9-10-11-12-13-14-15-16-17-18-23-49-29-36(50-28-34-24-33(27-43)25-35(42)26-34)30-51-54(48)52-31-41(2)22-21-39(53-41)37-19-20-38-40(44)45-32-46-47(37)38/h10-11,19-20,24-26,32,36,39,48H,3-9,12-18,21-23,28-31H2,1-2H3,(H2,44,45,46)/b11-10+/t36?,39?,41-,54?/m0/s1. The number of fused-ring (bicyclic) bond motifs is 1. The van der Waals surface area contributed by atoms with Crippen LogP contribution >= 0.6 is 8.60 Å². The van der Waals surface area contributed by atoms with Crippen molar-refractivity contribution in [2.45, 2.75) is 141 Å². The highest BCUT2D eigenvalue weighted by Gasteiger charge is 2.39. The topological polar surface area (TPSA) is 146 Å². The zero-order valence-electron chi connectivity index (χ0n) is 32.3. The van der Waals surface area contributed by atoms with Gasteiger partial charge < -0.3 is 33.9 Å². The number of nitrogen functional groups attached to an aromatic ring is 1. The largest absolute Gasteiger partial charge is 0.382 e. The second-order valence-corrected chi connectivity index (χ2v) is 15.5. The Hall–Kier alpha value is -3.01. The van der Waals surface area contributed by atoms with Gasteiger partial charge in [-0.05, 0) is 87.8 Å². The van der Waals surface area contributed by atoms with E-state index in [4.69, 9.17) is 29.0 Å². The number of ether oxygens (including phenoxy) is 3. The number of aromatic nitrogens is 3. The molecule has 3 N–H and O–H groups in total. The first-order chi connectivity index (χ1) is 26.3. The van der Waals surface area contributed by atoms with Crippen LogP contribution in [-0.2, 0) is 29.9 Å². The van der Waals surface area contributed by atoms with E-state index in [-0.39, 0.29) is 38.1 Å². The molecule has 0 spiro atoms. The summed E-state index contributed by atoms with van der Waals surface area (Å²) >= 11 is 0. The summed E-state index contributed by atoms with van der Waals surface area (Å²) in [6.45, 7) is 5.21. The Morgan fingerprint density at radius 1 is 1.04 bits per heavy atom. The second kappa shape index (κ2) is 24.5. The molecule has 0 saturated carbocycles. The van der Waals surface area contributed by atoms with E-state index in [2.05, 4.69) is 29.2 Å². The number of nitriles is 1. The molecule has 11 nitrogen and oxygen atoms in total. The molecule has 4 atom stereocenters. The predicted molar refractivity (Wildman–Crippen MR) is 210 cm³/mol. The Balaban J connectivity index is 1.13. The average Bonchev–Trinajstić information content (AvgIpc) is 3.78. The van der Waals surface area contributed by atoms with Crippen molar-refractivity contribution in [1.29, 1.82) is 5.26 Å². The molecular weight excluding hydrogens is 708 g/mol. The molecule has 1 saturated heterocycles. The van der Waals surface area contributed by atoms with E-state index in [0.717, 1.165) is 30.5 Å². The lowest BCUT2D eigenvalue weighted by atomic mass is 10.0. The molecule has 3 heterocycles. The summed E-state index contributed by atoms with van der Waals surface area (Å²) in [5.41, 5.74) is 7.70. The number of unbranched alkanes of at least 4 members (excludes halogenated alkanes) is 12. The molecule has 0 bridgehead atoms. The van der Waals surface area contributed by atoms with Gasteiger partial charge in [0.25, 0.3) is 0 Å². The van der Waals surface area contributed by atoms with E-state index in [1.807, 2.05) is 25.1 Å². The zero-order chi connectivity index (χ0) is 38.4. The third-order valence-corrected chi connectivity index (χ3v) is 10.5. The summed E-state index contributed by atoms with van der Waals surface area (Å²) in [6, 6.07) is 9.88. The fraction of sp³-hybridized carbons (Fsp3) is 0.634. The van der Waals surface area contributed by atoms with Crippen LogP contribution in [0.2, 0.25) is 0 Å². The lowest BCUT2D eigenvalue weighted by molar-refractivity contribution is -0.0661. The normalized spacial score (nSPS) is 18.5. The number of allylic oxidation sites excluding steroid dienone is 2. The van der Waals surface area contributed by atoms with Crippen LogP contribution in [0.1, 0.15) is 140 Å². The van der Waals surface area contributed by atoms with Crippen LogP contribution < -0.4 is 5.73 Å². The average molecular weight is 770 g/mol. The molecule has 298 valence electrons. The smallest absolute Gasteiger partial charge is 0.330 e. The van der Waals surface area contributed by atoms with E-state index in [1.54, 1.807) is 10.6 Å². The van der Waals surface area contributed by atoms with Crippen LogP contribution in [0.15, 0.2) is 48.8 Å². The molecule has 1 aliphatic rings. The lowest BCUT2D eigenvalue weighted by Gasteiger charge is -2.26. The number of benzene rings is 1. The number of hydrogen-bond donors (Lipinski definition) is 2. The van der Waals surface area contributed by atoms with Gasteiger partial charge in [-0.25, -0.2) is 13.9 Å². The van der Waals surface area contributed by atoms with Gasteiger partial charge in [-0.2, -0.15) is 10.4 Å². The molecule has 1 fully saturated rings. The first-order valence-electron chi connectivity index (χ1n) is 19.8. The number of anilines is 1. The molecule has 0 amide bonds. The number of nitrogens with zero attached hydrogens (tertiary/aromatic N) is 4. The third-order valence-electron chi connectivity index (χ3n) is 9.73. The van der Waals surface area contributed by atoms with Crippen molar-refractivity contribution >= 4 is 19.9 Å². The van der Waals surface area contributed by atoms with Gasteiger partial charge in [-0.3, -0.25) is 0 Å². The van der Waals surface area contributed by atoms with Crippen molar-refractivity contribution in [2.24, 2.45) is 0 Å². The molecule has 2 aromatic heterocycles. The maximum atomic E-state index is 14.0. The van der Waals surface area contributed by atoms with Crippen LogP contribution in [0.5, 0.6) is 0 Å². The van der Waals surface area contributed by atoms with Gasteiger partial charge in [0.05, 0.1) is 49.4 Å². The van der Waals surface area contributed by atoms with E-state index in [1.165, 1.54) is 95.5 Å².